The summed E-state index contributed by atoms with van der Waals surface area (Å²) in [4.78, 5) is 41.2. The minimum Gasteiger partial charge on any atom is -0.466 e. The van der Waals surface area contributed by atoms with E-state index in [9.17, 15) is 19.6 Å². The molecule has 1 aliphatic heterocycles. The van der Waals surface area contributed by atoms with Crippen LogP contribution in [-0.2, 0) is 19.1 Å². The molecule has 1 aliphatic rings. The van der Waals surface area contributed by atoms with Crippen molar-refractivity contribution in [3.05, 3.63) is 143 Å². The largest absolute Gasteiger partial charge is 0.466 e. The van der Waals surface area contributed by atoms with Crippen molar-refractivity contribution in [3.63, 3.8) is 0 Å². The van der Waals surface area contributed by atoms with Crippen LogP contribution in [0.25, 0.3) is 0 Å². The Morgan fingerprint density at radius 3 is 2.00 bits per heavy atom. The predicted molar refractivity (Wildman–Crippen MR) is 170 cm³/mol. The molecular weight excluding hydrogens is 570 g/mol. The van der Waals surface area contributed by atoms with Gasteiger partial charge in [0.1, 0.15) is 11.5 Å². The average Bonchev–Trinajstić information content (AvgIpc) is 3.08. The summed E-state index contributed by atoms with van der Waals surface area (Å²) in [5.74, 6) is -3.25. The minimum absolute atomic E-state index is 0.0216. The Morgan fingerprint density at radius 1 is 0.778 bits per heavy atom. The van der Waals surface area contributed by atoms with Crippen LogP contribution in [0, 0.1) is 11.3 Å². The van der Waals surface area contributed by atoms with Crippen molar-refractivity contribution in [3.8, 4) is 6.07 Å². The topological polar surface area (TPSA) is 147 Å². The van der Waals surface area contributed by atoms with Gasteiger partial charge in [-0.3, -0.25) is 9.69 Å². The van der Waals surface area contributed by atoms with Gasteiger partial charge in [-0.1, -0.05) is 54.6 Å². The van der Waals surface area contributed by atoms with Gasteiger partial charge in [-0.05, 0) is 60.2 Å². The number of benzene rings is 4. The van der Waals surface area contributed by atoms with E-state index in [4.69, 9.17) is 15.2 Å². The van der Waals surface area contributed by atoms with Gasteiger partial charge in [0, 0.05) is 28.3 Å². The molecule has 0 bridgehead atoms. The number of carbonyl (C=O) groups excluding carboxylic acids is 3. The van der Waals surface area contributed by atoms with Gasteiger partial charge in [0.25, 0.3) is 5.91 Å². The highest BCUT2D eigenvalue weighted by atomic mass is 16.5. The zero-order chi connectivity index (χ0) is 31.9. The highest BCUT2D eigenvalue weighted by Crippen LogP contribution is 2.43. The quantitative estimate of drug-likeness (QED) is 0.221. The Hall–Kier alpha value is -6.34. The van der Waals surface area contributed by atoms with Crippen LogP contribution >= 0.6 is 0 Å². The normalized spacial score (nSPS) is 14.3. The number of nitrogens with one attached hydrogen (secondary N) is 2. The maximum atomic E-state index is 13.3. The highest BCUT2D eigenvalue weighted by Gasteiger charge is 2.43. The molecule has 10 heteroatoms. The minimum atomic E-state index is -1.00. The summed E-state index contributed by atoms with van der Waals surface area (Å²) in [6.07, 6.45) is 0. The van der Waals surface area contributed by atoms with Crippen molar-refractivity contribution < 1.29 is 23.9 Å². The third-order valence-electron chi connectivity index (χ3n) is 7.18. The number of rotatable bonds is 8. The van der Waals surface area contributed by atoms with Crippen LogP contribution in [0.15, 0.2) is 132 Å². The molecule has 0 aliphatic carbocycles. The molecule has 10 nitrogen and oxygen atoms in total. The van der Waals surface area contributed by atoms with Crippen LogP contribution in [0.2, 0.25) is 0 Å². The number of hydrogen-bond acceptors (Lipinski definition) is 9. The molecule has 4 aromatic rings. The van der Waals surface area contributed by atoms with E-state index in [0.717, 1.165) is 11.4 Å². The maximum Gasteiger partial charge on any atom is 0.355 e. The molecule has 0 saturated carbocycles. The predicted octanol–water partition coefficient (Wildman–Crippen LogP) is 5.58. The summed E-state index contributed by atoms with van der Waals surface area (Å²) >= 11 is 0. The van der Waals surface area contributed by atoms with Crippen molar-refractivity contribution in [1.82, 2.24) is 0 Å². The number of allylic oxidation sites excluding steroid dienone is 1. The van der Waals surface area contributed by atoms with Crippen molar-refractivity contribution >= 4 is 40.6 Å². The van der Waals surface area contributed by atoms with Crippen molar-refractivity contribution in [1.29, 1.82) is 5.26 Å². The first-order chi connectivity index (χ1) is 21.9. The van der Waals surface area contributed by atoms with Gasteiger partial charge in [-0.2, -0.15) is 5.26 Å². The summed E-state index contributed by atoms with van der Waals surface area (Å²) in [7, 11) is 2.35. The standard InChI is InChI=1S/C35H29N5O5/c1-44-34(42)30-29(22-10-5-3-6-11-22)28(21-36)32(37)40(31(30)35(43)45-2)27-15-9-12-23(20-27)33(41)39-26-18-16-25(17-19-26)38-24-13-7-4-8-14-24/h3-20,29,38H,37H2,1-2H3,(H,39,41). The number of nitriles is 1. The summed E-state index contributed by atoms with van der Waals surface area (Å²) in [6.45, 7) is 0. The number of nitrogens with zero attached hydrogens (tertiary/aromatic N) is 2. The van der Waals surface area contributed by atoms with E-state index >= 15 is 0 Å². The SMILES string of the molecule is COC(=O)C1=C(C(=O)OC)N(c2cccc(C(=O)Nc3ccc(Nc4ccccc4)cc3)c2)C(N)=C(C#N)C1c1ccccc1. The highest BCUT2D eigenvalue weighted by molar-refractivity contribution is 6.08. The second-order valence-corrected chi connectivity index (χ2v) is 9.91. The number of anilines is 4. The third kappa shape index (κ3) is 6.23. The van der Waals surface area contributed by atoms with E-state index in [2.05, 4.69) is 16.7 Å². The van der Waals surface area contributed by atoms with Crippen molar-refractivity contribution in [2.75, 3.05) is 29.8 Å². The Balaban J connectivity index is 1.51. The molecular formula is C35H29N5O5. The van der Waals surface area contributed by atoms with Crippen molar-refractivity contribution in [2.24, 2.45) is 5.73 Å². The van der Waals surface area contributed by atoms with Crippen LogP contribution in [0.1, 0.15) is 21.8 Å². The van der Waals surface area contributed by atoms with Gasteiger partial charge in [-0.15, -0.1) is 0 Å². The molecule has 1 heterocycles. The molecule has 224 valence electrons. The molecule has 0 fully saturated rings. The lowest BCUT2D eigenvalue weighted by Gasteiger charge is -2.36. The summed E-state index contributed by atoms with van der Waals surface area (Å²) in [6, 6.07) is 34.0. The van der Waals surface area contributed by atoms with E-state index in [-0.39, 0.29) is 33.9 Å². The van der Waals surface area contributed by atoms with E-state index in [1.807, 2.05) is 42.5 Å². The van der Waals surface area contributed by atoms with Crippen LogP contribution in [0.3, 0.4) is 0 Å². The molecule has 1 unspecified atom stereocenters. The number of hydrogen-bond donors (Lipinski definition) is 3. The molecule has 1 atom stereocenters. The van der Waals surface area contributed by atoms with Gasteiger partial charge in [0.2, 0.25) is 0 Å². The number of amides is 1. The zero-order valence-electron chi connectivity index (χ0n) is 24.5. The number of methoxy groups -OCH3 is 2. The molecule has 5 rings (SSSR count). The first-order valence-electron chi connectivity index (χ1n) is 13.9. The van der Waals surface area contributed by atoms with Crippen LogP contribution < -0.4 is 21.3 Å². The molecule has 0 saturated heterocycles. The zero-order valence-corrected chi connectivity index (χ0v) is 24.5. The fourth-order valence-corrected chi connectivity index (χ4v) is 5.10. The molecule has 0 spiro atoms. The smallest absolute Gasteiger partial charge is 0.355 e. The molecule has 45 heavy (non-hydrogen) atoms. The Bertz CT molecular complexity index is 1850. The molecule has 4 N–H and O–H groups in total. The first-order valence-corrected chi connectivity index (χ1v) is 13.9. The van der Waals surface area contributed by atoms with Gasteiger partial charge >= 0.3 is 11.9 Å². The molecule has 0 aromatic heterocycles. The number of nitrogens with two attached hydrogens (primary N) is 1. The van der Waals surface area contributed by atoms with Crippen molar-refractivity contribution in [2.45, 2.75) is 5.92 Å². The number of ether oxygens (including phenoxy) is 2. The van der Waals surface area contributed by atoms with Crippen LogP contribution in [-0.4, -0.2) is 32.1 Å². The fourth-order valence-electron chi connectivity index (χ4n) is 5.10. The Morgan fingerprint density at radius 2 is 1.38 bits per heavy atom. The third-order valence-corrected chi connectivity index (χ3v) is 7.18. The Kier molecular flexibility index (Phi) is 8.91. The van der Waals surface area contributed by atoms with Crippen LogP contribution in [0.4, 0.5) is 22.7 Å². The van der Waals surface area contributed by atoms with Crippen LogP contribution in [0.5, 0.6) is 0 Å². The number of para-hydroxylation sites is 1. The first kappa shape index (κ1) is 30.1. The van der Waals surface area contributed by atoms with Gasteiger partial charge in [0.15, 0.2) is 0 Å². The molecule has 0 radical (unpaired) electrons. The maximum absolute atomic E-state index is 13.3. The lowest BCUT2D eigenvalue weighted by Crippen LogP contribution is -2.40. The monoisotopic (exact) mass is 599 g/mol. The average molecular weight is 600 g/mol. The second kappa shape index (κ2) is 13.3. The summed E-state index contributed by atoms with van der Waals surface area (Å²) in [5, 5.41) is 16.4. The lowest BCUT2D eigenvalue weighted by molar-refractivity contribution is -0.139. The van der Waals surface area contributed by atoms with Gasteiger partial charge in [-0.25, -0.2) is 9.59 Å². The molecule has 4 aromatic carbocycles. The van der Waals surface area contributed by atoms with E-state index in [1.165, 1.54) is 25.2 Å². The number of carbonyl (C=O) groups is 3. The van der Waals surface area contributed by atoms with E-state index in [1.54, 1.807) is 60.7 Å². The lowest BCUT2D eigenvalue weighted by atomic mass is 9.81. The summed E-state index contributed by atoms with van der Waals surface area (Å²) < 4.78 is 10.2. The Labute approximate surface area is 260 Å². The fraction of sp³-hybridized carbons (Fsp3) is 0.0857. The van der Waals surface area contributed by atoms with Gasteiger partial charge in [0.05, 0.1) is 37.4 Å². The van der Waals surface area contributed by atoms with Gasteiger partial charge < -0.3 is 25.8 Å². The summed E-state index contributed by atoms with van der Waals surface area (Å²) in [5.41, 5.74) is 9.63. The van der Waals surface area contributed by atoms with E-state index in [0.29, 0.717) is 11.3 Å². The van der Waals surface area contributed by atoms with E-state index < -0.39 is 23.8 Å². The number of esters is 2. The second-order valence-electron chi connectivity index (χ2n) is 9.91. The molecule has 1 amide bonds.